The number of hydrogen-bond donors (Lipinski definition) is 0. The van der Waals surface area contributed by atoms with Gasteiger partial charge >= 0.3 is 0 Å². The molecule has 0 amide bonds. The minimum Gasteiger partial charge on any atom is -0.298 e. The Hall–Kier alpha value is -2.29. The smallest absolute Gasteiger partial charge is 0.149 e. The fourth-order valence-corrected chi connectivity index (χ4v) is 3.05. The second-order valence-corrected chi connectivity index (χ2v) is 6.70. The van der Waals surface area contributed by atoms with Crippen molar-refractivity contribution < 1.29 is 9.59 Å². The zero-order valence-electron chi connectivity index (χ0n) is 12.9. The zero-order chi connectivity index (χ0) is 15.7. The number of ketones is 2. The van der Waals surface area contributed by atoms with Crippen LogP contribution in [-0.4, -0.2) is 17.8 Å². The second-order valence-electron chi connectivity index (χ2n) is 6.70. The Morgan fingerprint density at radius 3 is 2.36 bits per heavy atom. The van der Waals surface area contributed by atoms with Crippen molar-refractivity contribution in [2.24, 2.45) is 16.3 Å². The maximum atomic E-state index is 12.2. The monoisotopic (exact) mass is 293 g/mol. The first kappa shape index (κ1) is 14.6. The highest BCUT2D eigenvalue weighted by atomic mass is 16.2. The molecule has 22 heavy (non-hydrogen) atoms. The van der Waals surface area contributed by atoms with Gasteiger partial charge in [-0.15, -0.1) is 0 Å². The third-order valence-corrected chi connectivity index (χ3v) is 4.13. The van der Waals surface area contributed by atoms with Crippen LogP contribution in [0, 0.1) is 11.3 Å². The van der Waals surface area contributed by atoms with Crippen LogP contribution in [0.25, 0.3) is 10.8 Å². The summed E-state index contributed by atoms with van der Waals surface area (Å²) in [7, 11) is 0. The number of hydrogen-bond acceptors (Lipinski definition) is 3. The molecule has 0 N–H and O–H groups in total. The van der Waals surface area contributed by atoms with Crippen LogP contribution in [-0.2, 0) is 9.59 Å². The van der Waals surface area contributed by atoms with Crippen molar-refractivity contribution >= 4 is 34.2 Å². The SMILES string of the molecule is CC1(C)CC(=O)C(C=Nc2cccc3ccccc23)C(=O)C1. The van der Waals surface area contributed by atoms with Crippen LogP contribution in [0.3, 0.4) is 0 Å². The molecular formula is C19H19NO2. The van der Waals surface area contributed by atoms with Gasteiger partial charge in [-0.05, 0) is 16.9 Å². The number of Topliss-reactive ketones (excluding diaryl/α,β-unsaturated/α-hetero) is 2. The van der Waals surface area contributed by atoms with Crippen molar-refractivity contribution in [1.29, 1.82) is 0 Å². The molecule has 0 heterocycles. The van der Waals surface area contributed by atoms with Gasteiger partial charge in [0.2, 0.25) is 0 Å². The van der Waals surface area contributed by atoms with E-state index in [-0.39, 0.29) is 17.0 Å². The van der Waals surface area contributed by atoms with E-state index in [9.17, 15) is 9.59 Å². The standard InChI is InChI=1S/C19H19NO2/c1-19(2)10-17(21)15(18(22)11-19)12-20-16-9-5-7-13-6-3-4-8-14(13)16/h3-9,12,15H,10-11H2,1-2H3. The predicted molar refractivity (Wildman–Crippen MR) is 88.6 cm³/mol. The van der Waals surface area contributed by atoms with E-state index < -0.39 is 5.92 Å². The molecule has 112 valence electrons. The molecule has 1 saturated carbocycles. The molecule has 0 aromatic heterocycles. The predicted octanol–water partition coefficient (Wildman–Crippen LogP) is 4.12. The molecule has 2 aromatic rings. The van der Waals surface area contributed by atoms with Crippen LogP contribution in [0.1, 0.15) is 26.7 Å². The number of carbonyl (C=O) groups is 2. The fraction of sp³-hybridized carbons (Fsp3) is 0.316. The van der Waals surface area contributed by atoms with E-state index in [1.165, 1.54) is 6.21 Å². The molecule has 0 bridgehead atoms. The summed E-state index contributed by atoms with van der Waals surface area (Å²) in [6.07, 6.45) is 2.40. The summed E-state index contributed by atoms with van der Waals surface area (Å²) in [6.45, 7) is 3.92. The molecule has 0 unspecified atom stereocenters. The number of nitrogens with zero attached hydrogens (tertiary/aromatic N) is 1. The van der Waals surface area contributed by atoms with Crippen molar-refractivity contribution in [2.45, 2.75) is 26.7 Å². The van der Waals surface area contributed by atoms with E-state index in [1.807, 2.05) is 56.3 Å². The summed E-state index contributed by atoms with van der Waals surface area (Å²) < 4.78 is 0. The zero-order valence-corrected chi connectivity index (χ0v) is 12.9. The van der Waals surface area contributed by atoms with Crippen molar-refractivity contribution in [3.63, 3.8) is 0 Å². The molecule has 0 spiro atoms. The number of rotatable bonds is 2. The summed E-state index contributed by atoms with van der Waals surface area (Å²) in [5.74, 6) is -0.734. The van der Waals surface area contributed by atoms with Crippen LogP contribution < -0.4 is 0 Å². The molecule has 3 heteroatoms. The highest BCUT2D eigenvalue weighted by Gasteiger charge is 2.38. The molecule has 0 saturated heterocycles. The number of aliphatic imine (C=N–C) groups is 1. The maximum Gasteiger partial charge on any atom is 0.149 e. The van der Waals surface area contributed by atoms with Crippen LogP contribution >= 0.6 is 0 Å². The average molecular weight is 293 g/mol. The van der Waals surface area contributed by atoms with Gasteiger partial charge in [-0.25, -0.2) is 0 Å². The van der Waals surface area contributed by atoms with Gasteiger partial charge in [-0.2, -0.15) is 0 Å². The summed E-state index contributed by atoms with van der Waals surface area (Å²) in [6, 6.07) is 13.8. The van der Waals surface area contributed by atoms with Gasteiger partial charge in [0.15, 0.2) is 0 Å². The van der Waals surface area contributed by atoms with Crippen LogP contribution in [0.15, 0.2) is 47.5 Å². The highest BCUT2D eigenvalue weighted by Crippen LogP contribution is 2.34. The van der Waals surface area contributed by atoms with Gasteiger partial charge in [0, 0.05) is 24.4 Å². The van der Waals surface area contributed by atoms with Crippen molar-refractivity contribution in [3.05, 3.63) is 42.5 Å². The first-order valence-electron chi connectivity index (χ1n) is 7.54. The van der Waals surface area contributed by atoms with Gasteiger partial charge in [0.25, 0.3) is 0 Å². The molecule has 2 aromatic carbocycles. The summed E-state index contributed by atoms with van der Waals surface area (Å²) in [5, 5.41) is 2.12. The van der Waals surface area contributed by atoms with Gasteiger partial charge in [-0.1, -0.05) is 50.2 Å². The molecule has 1 aliphatic rings. The fourth-order valence-electron chi connectivity index (χ4n) is 3.05. The van der Waals surface area contributed by atoms with E-state index in [2.05, 4.69) is 4.99 Å². The number of fused-ring (bicyclic) bond motifs is 1. The average Bonchev–Trinajstić information content (AvgIpc) is 2.45. The third kappa shape index (κ3) is 2.84. The van der Waals surface area contributed by atoms with Gasteiger partial charge < -0.3 is 0 Å². The number of benzene rings is 2. The van der Waals surface area contributed by atoms with E-state index in [1.54, 1.807) is 0 Å². The molecule has 0 atom stereocenters. The highest BCUT2D eigenvalue weighted by molar-refractivity contribution is 6.16. The summed E-state index contributed by atoms with van der Waals surface area (Å²) in [4.78, 5) is 28.8. The summed E-state index contributed by atoms with van der Waals surface area (Å²) in [5.41, 5.74) is 0.571. The van der Waals surface area contributed by atoms with E-state index in [0.29, 0.717) is 12.8 Å². The minimum atomic E-state index is -0.688. The maximum absolute atomic E-state index is 12.2. The Morgan fingerprint density at radius 2 is 1.64 bits per heavy atom. The lowest BCUT2D eigenvalue weighted by atomic mass is 9.72. The third-order valence-electron chi connectivity index (χ3n) is 4.13. The lowest BCUT2D eigenvalue weighted by Crippen LogP contribution is -2.38. The minimum absolute atomic E-state index is 0.0229. The normalized spacial score (nSPS) is 19.2. The largest absolute Gasteiger partial charge is 0.298 e. The molecule has 0 aliphatic heterocycles. The van der Waals surface area contributed by atoms with Crippen molar-refractivity contribution in [3.8, 4) is 0 Å². The van der Waals surface area contributed by atoms with E-state index in [4.69, 9.17) is 0 Å². The topological polar surface area (TPSA) is 46.5 Å². The van der Waals surface area contributed by atoms with Gasteiger partial charge in [0.1, 0.15) is 17.5 Å². The Labute approximate surface area is 130 Å². The molecule has 3 nitrogen and oxygen atoms in total. The lowest BCUT2D eigenvalue weighted by molar-refractivity contribution is -0.136. The van der Waals surface area contributed by atoms with Crippen molar-refractivity contribution in [2.75, 3.05) is 0 Å². The molecule has 3 rings (SSSR count). The lowest BCUT2D eigenvalue weighted by Gasteiger charge is -2.30. The van der Waals surface area contributed by atoms with Crippen LogP contribution in [0.2, 0.25) is 0 Å². The second kappa shape index (κ2) is 5.48. The van der Waals surface area contributed by atoms with Gasteiger partial charge in [0.05, 0.1) is 5.69 Å². The Kier molecular flexibility index (Phi) is 3.65. The Morgan fingerprint density at radius 1 is 1.00 bits per heavy atom. The Balaban J connectivity index is 1.90. The number of carbonyl (C=O) groups excluding carboxylic acids is 2. The van der Waals surface area contributed by atoms with Crippen LogP contribution in [0.5, 0.6) is 0 Å². The Bertz CT molecular complexity index is 749. The molecule has 1 fully saturated rings. The first-order valence-corrected chi connectivity index (χ1v) is 7.54. The molecular weight excluding hydrogens is 274 g/mol. The van der Waals surface area contributed by atoms with E-state index in [0.717, 1.165) is 16.5 Å². The van der Waals surface area contributed by atoms with Crippen LogP contribution in [0.4, 0.5) is 5.69 Å². The summed E-state index contributed by atoms with van der Waals surface area (Å²) >= 11 is 0. The van der Waals surface area contributed by atoms with E-state index >= 15 is 0 Å². The molecule has 0 radical (unpaired) electrons. The molecule has 1 aliphatic carbocycles. The van der Waals surface area contributed by atoms with Gasteiger partial charge in [-0.3, -0.25) is 14.6 Å². The quantitative estimate of drug-likeness (QED) is 0.617. The first-order chi connectivity index (χ1) is 10.5. The van der Waals surface area contributed by atoms with Crippen molar-refractivity contribution in [1.82, 2.24) is 0 Å².